The van der Waals surface area contributed by atoms with E-state index in [9.17, 15) is 18.0 Å². The zero-order valence-electron chi connectivity index (χ0n) is 17.5. The Morgan fingerprint density at radius 3 is 2.31 bits per heavy atom. The second-order valence-corrected chi connectivity index (χ2v) is 7.97. The van der Waals surface area contributed by atoms with E-state index in [1.807, 2.05) is 18.2 Å². The molecular formula is C25H24F3N3O. The first-order valence-electron chi connectivity index (χ1n) is 10.6. The van der Waals surface area contributed by atoms with Gasteiger partial charge in [0.2, 0.25) is 0 Å². The predicted octanol–water partition coefficient (Wildman–Crippen LogP) is 5.16. The molecule has 0 radical (unpaired) electrons. The van der Waals surface area contributed by atoms with E-state index in [1.54, 1.807) is 30.5 Å². The Hall–Kier alpha value is -3.19. The maximum atomic E-state index is 13.0. The Morgan fingerprint density at radius 2 is 1.66 bits per heavy atom. The van der Waals surface area contributed by atoms with Gasteiger partial charge in [0.25, 0.3) is 5.91 Å². The molecule has 1 aliphatic heterocycles. The lowest BCUT2D eigenvalue weighted by atomic mass is 9.97. The summed E-state index contributed by atoms with van der Waals surface area (Å²) in [4.78, 5) is 19.7. The molecule has 0 atom stereocenters. The SMILES string of the molecule is O=C(NC1CCN(Cc2ccccn2)CC1)c1ccccc1-c1ccc(C(F)(F)F)cc1. The van der Waals surface area contributed by atoms with Gasteiger partial charge in [-0.2, -0.15) is 13.2 Å². The molecule has 0 saturated carbocycles. The molecule has 4 rings (SSSR count). The van der Waals surface area contributed by atoms with Crippen LogP contribution in [0, 0.1) is 0 Å². The number of hydrogen-bond acceptors (Lipinski definition) is 3. The summed E-state index contributed by atoms with van der Waals surface area (Å²) in [6, 6.07) is 17.8. The predicted molar refractivity (Wildman–Crippen MR) is 117 cm³/mol. The molecule has 0 bridgehead atoms. The highest BCUT2D eigenvalue weighted by Crippen LogP contribution is 2.32. The number of rotatable bonds is 5. The Morgan fingerprint density at radius 1 is 0.969 bits per heavy atom. The summed E-state index contributed by atoms with van der Waals surface area (Å²) < 4.78 is 38.6. The standard InChI is InChI=1S/C25H24F3N3O/c26-25(27,28)19-10-8-18(9-11-19)22-6-1-2-7-23(22)24(32)30-20-12-15-31(16-13-20)17-21-5-3-4-14-29-21/h1-11,14,20H,12-13,15-17H2,(H,30,32). The molecular weight excluding hydrogens is 415 g/mol. The first-order valence-corrected chi connectivity index (χ1v) is 10.6. The second-order valence-electron chi connectivity index (χ2n) is 7.97. The molecule has 2 heterocycles. The fraction of sp³-hybridized carbons (Fsp3) is 0.280. The summed E-state index contributed by atoms with van der Waals surface area (Å²) >= 11 is 0. The fourth-order valence-electron chi connectivity index (χ4n) is 3.99. The van der Waals surface area contributed by atoms with Crippen LogP contribution in [-0.4, -0.2) is 34.9 Å². The molecule has 1 fully saturated rings. The number of nitrogens with zero attached hydrogens (tertiary/aromatic N) is 2. The molecule has 1 N–H and O–H groups in total. The van der Waals surface area contributed by atoms with Gasteiger partial charge in [0.1, 0.15) is 0 Å². The van der Waals surface area contributed by atoms with Gasteiger partial charge < -0.3 is 5.32 Å². The van der Waals surface area contributed by atoms with Crippen molar-refractivity contribution in [3.8, 4) is 11.1 Å². The number of carbonyl (C=O) groups excluding carboxylic acids is 1. The Bertz CT molecular complexity index is 1040. The van der Waals surface area contributed by atoms with Crippen molar-refractivity contribution >= 4 is 5.91 Å². The van der Waals surface area contributed by atoms with E-state index >= 15 is 0 Å². The third-order valence-corrected chi connectivity index (χ3v) is 5.73. The lowest BCUT2D eigenvalue weighted by molar-refractivity contribution is -0.137. The largest absolute Gasteiger partial charge is 0.416 e. The summed E-state index contributed by atoms with van der Waals surface area (Å²) in [5, 5.41) is 3.10. The van der Waals surface area contributed by atoms with Crippen molar-refractivity contribution < 1.29 is 18.0 Å². The van der Waals surface area contributed by atoms with Gasteiger partial charge in [-0.05, 0) is 54.3 Å². The molecule has 1 aromatic heterocycles. The van der Waals surface area contributed by atoms with Crippen LogP contribution >= 0.6 is 0 Å². The van der Waals surface area contributed by atoms with Gasteiger partial charge in [-0.1, -0.05) is 36.4 Å². The van der Waals surface area contributed by atoms with Crippen molar-refractivity contribution in [2.24, 2.45) is 0 Å². The molecule has 0 unspecified atom stereocenters. The van der Waals surface area contributed by atoms with Crippen molar-refractivity contribution in [2.75, 3.05) is 13.1 Å². The number of alkyl halides is 3. The highest BCUT2D eigenvalue weighted by atomic mass is 19.4. The monoisotopic (exact) mass is 439 g/mol. The van der Waals surface area contributed by atoms with Crippen LogP contribution in [-0.2, 0) is 12.7 Å². The zero-order chi connectivity index (χ0) is 22.6. The molecule has 0 aliphatic carbocycles. The lowest BCUT2D eigenvalue weighted by Crippen LogP contribution is -2.44. The normalized spacial score (nSPS) is 15.5. The van der Waals surface area contributed by atoms with Crippen LogP contribution in [0.2, 0.25) is 0 Å². The lowest BCUT2D eigenvalue weighted by Gasteiger charge is -2.32. The highest BCUT2D eigenvalue weighted by Gasteiger charge is 2.30. The number of halogens is 3. The molecule has 3 aromatic rings. The van der Waals surface area contributed by atoms with Crippen LogP contribution in [0.1, 0.15) is 34.5 Å². The Labute approximate surface area is 185 Å². The fourth-order valence-corrected chi connectivity index (χ4v) is 3.99. The summed E-state index contributed by atoms with van der Waals surface area (Å²) in [6.07, 6.45) is -0.931. The van der Waals surface area contributed by atoms with Crippen LogP contribution in [0.25, 0.3) is 11.1 Å². The first-order chi connectivity index (χ1) is 15.4. The summed E-state index contributed by atoms with van der Waals surface area (Å²) in [7, 11) is 0. The van der Waals surface area contributed by atoms with Crippen molar-refractivity contribution in [3.05, 3.63) is 89.7 Å². The quantitative estimate of drug-likeness (QED) is 0.597. The zero-order valence-corrected chi connectivity index (χ0v) is 17.5. The average Bonchev–Trinajstić information content (AvgIpc) is 2.80. The minimum Gasteiger partial charge on any atom is -0.349 e. The number of aromatic nitrogens is 1. The van der Waals surface area contributed by atoms with E-state index in [-0.39, 0.29) is 11.9 Å². The molecule has 4 nitrogen and oxygen atoms in total. The van der Waals surface area contributed by atoms with Gasteiger partial charge in [0.15, 0.2) is 0 Å². The Kier molecular flexibility index (Phi) is 6.55. The maximum absolute atomic E-state index is 13.0. The average molecular weight is 439 g/mol. The molecule has 7 heteroatoms. The number of hydrogen-bond donors (Lipinski definition) is 1. The Balaban J connectivity index is 1.39. The van der Waals surface area contributed by atoms with Gasteiger partial charge in [0.05, 0.1) is 11.3 Å². The second kappa shape index (κ2) is 9.53. The van der Waals surface area contributed by atoms with Gasteiger partial charge in [-0.25, -0.2) is 0 Å². The van der Waals surface area contributed by atoms with E-state index in [1.165, 1.54) is 12.1 Å². The summed E-state index contributed by atoms with van der Waals surface area (Å²) in [6.45, 7) is 2.52. The molecule has 166 valence electrons. The van der Waals surface area contributed by atoms with Crippen LogP contribution in [0.5, 0.6) is 0 Å². The molecule has 2 aromatic carbocycles. The van der Waals surface area contributed by atoms with E-state index in [0.717, 1.165) is 50.3 Å². The topological polar surface area (TPSA) is 45.2 Å². The minimum absolute atomic E-state index is 0.0585. The van der Waals surface area contributed by atoms with Crippen LogP contribution in [0.3, 0.4) is 0 Å². The number of benzene rings is 2. The maximum Gasteiger partial charge on any atom is 0.416 e. The molecule has 1 saturated heterocycles. The van der Waals surface area contributed by atoms with Crippen molar-refractivity contribution in [3.63, 3.8) is 0 Å². The summed E-state index contributed by atoms with van der Waals surface area (Å²) in [5.41, 5.74) is 1.98. The van der Waals surface area contributed by atoms with Gasteiger partial charge in [0, 0.05) is 37.4 Å². The van der Waals surface area contributed by atoms with Gasteiger partial charge >= 0.3 is 6.18 Å². The number of pyridine rings is 1. The third-order valence-electron chi connectivity index (χ3n) is 5.73. The van der Waals surface area contributed by atoms with Crippen molar-refractivity contribution in [1.29, 1.82) is 0 Å². The highest BCUT2D eigenvalue weighted by molar-refractivity contribution is 6.01. The summed E-state index contributed by atoms with van der Waals surface area (Å²) in [5.74, 6) is -0.205. The van der Waals surface area contributed by atoms with E-state index < -0.39 is 11.7 Å². The van der Waals surface area contributed by atoms with Crippen molar-refractivity contribution in [1.82, 2.24) is 15.2 Å². The van der Waals surface area contributed by atoms with Crippen molar-refractivity contribution in [2.45, 2.75) is 31.6 Å². The first kappa shape index (κ1) is 22.0. The van der Waals surface area contributed by atoms with Crippen LogP contribution < -0.4 is 5.32 Å². The number of piperidine rings is 1. The number of nitrogens with one attached hydrogen (secondary N) is 1. The van der Waals surface area contributed by atoms with E-state index in [0.29, 0.717) is 16.7 Å². The van der Waals surface area contributed by atoms with Gasteiger partial charge in [-0.15, -0.1) is 0 Å². The smallest absolute Gasteiger partial charge is 0.349 e. The van der Waals surface area contributed by atoms with Crippen LogP contribution in [0.15, 0.2) is 72.9 Å². The number of amides is 1. The number of likely N-dealkylation sites (tertiary alicyclic amines) is 1. The molecule has 1 amide bonds. The molecule has 0 spiro atoms. The number of carbonyl (C=O) groups is 1. The van der Waals surface area contributed by atoms with E-state index in [4.69, 9.17) is 0 Å². The molecule has 1 aliphatic rings. The van der Waals surface area contributed by atoms with E-state index in [2.05, 4.69) is 15.2 Å². The minimum atomic E-state index is -4.39. The third kappa shape index (κ3) is 5.34. The molecule has 32 heavy (non-hydrogen) atoms. The van der Waals surface area contributed by atoms with Gasteiger partial charge in [-0.3, -0.25) is 14.7 Å². The van der Waals surface area contributed by atoms with Crippen LogP contribution in [0.4, 0.5) is 13.2 Å².